The summed E-state index contributed by atoms with van der Waals surface area (Å²) < 4.78 is 7.78. The van der Waals surface area contributed by atoms with Crippen LogP contribution >= 0.6 is 0 Å². The molecule has 1 amide bonds. The van der Waals surface area contributed by atoms with E-state index < -0.39 is 0 Å². The van der Waals surface area contributed by atoms with Gasteiger partial charge in [0.05, 0.1) is 24.9 Å². The van der Waals surface area contributed by atoms with Crippen LogP contribution in [0.3, 0.4) is 0 Å². The fourth-order valence-electron chi connectivity index (χ4n) is 3.24. The molecule has 25 heavy (non-hydrogen) atoms. The number of benzene rings is 1. The van der Waals surface area contributed by atoms with E-state index in [0.717, 1.165) is 17.0 Å². The number of amides is 1. The van der Waals surface area contributed by atoms with Crippen LogP contribution in [0.25, 0.3) is 0 Å². The van der Waals surface area contributed by atoms with E-state index in [9.17, 15) is 4.79 Å². The van der Waals surface area contributed by atoms with Crippen LogP contribution in [0.2, 0.25) is 0 Å². The average Bonchev–Trinajstić information content (AvgIpc) is 2.93. The number of ether oxygens (including phenoxy) is 1. The Kier molecular flexibility index (Phi) is 5.50. The van der Waals surface area contributed by atoms with Crippen molar-refractivity contribution in [1.82, 2.24) is 14.7 Å². The summed E-state index contributed by atoms with van der Waals surface area (Å²) in [7, 11) is 0. The third-order valence-electron chi connectivity index (χ3n) is 4.59. The second-order valence-corrected chi connectivity index (χ2v) is 6.66. The van der Waals surface area contributed by atoms with Gasteiger partial charge in [-0.15, -0.1) is 0 Å². The van der Waals surface area contributed by atoms with Crippen LogP contribution in [-0.4, -0.2) is 46.4 Å². The Morgan fingerprint density at radius 2 is 2.12 bits per heavy atom. The molecule has 1 aliphatic rings. The predicted molar refractivity (Wildman–Crippen MR) is 96.0 cm³/mol. The summed E-state index contributed by atoms with van der Waals surface area (Å²) in [4.78, 5) is 14.5. The van der Waals surface area contributed by atoms with Crippen molar-refractivity contribution in [3.8, 4) is 0 Å². The molecular formula is C19H26N4O2. The first-order valence-electron chi connectivity index (χ1n) is 8.74. The Bertz CT molecular complexity index is 713. The van der Waals surface area contributed by atoms with Gasteiger partial charge in [-0.25, -0.2) is 0 Å². The molecule has 2 unspecified atom stereocenters. The molecule has 0 bridgehead atoms. The predicted octanol–water partition coefficient (Wildman–Crippen LogP) is 1.82. The van der Waals surface area contributed by atoms with E-state index in [1.165, 1.54) is 0 Å². The number of aryl methyl sites for hydroxylation is 2. The van der Waals surface area contributed by atoms with Crippen molar-refractivity contribution < 1.29 is 9.53 Å². The number of nitrogens with two attached hydrogens (primary N) is 1. The van der Waals surface area contributed by atoms with Crippen molar-refractivity contribution in [2.45, 2.75) is 39.0 Å². The lowest BCUT2D eigenvalue weighted by Crippen LogP contribution is -2.47. The van der Waals surface area contributed by atoms with Crippen LogP contribution in [0.15, 0.2) is 36.4 Å². The summed E-state index contributed by atoms with van der Waals surface area (Å²) >= 11 is 0. The lowest BCUT2D eigenvalue weighted by atomic mass is 10.0. The molecule has 0 radical (unpaired) electrons. The van der Waals surface area contributed by atoms with Gasteiger partial charge >= 0.3 is 0 Å². The molecule has 1 aromatic carbocycles. The highest BCUT2D eigenvalue weighted by Crippen LogP contribution is 2.17. The van der Waals surface area contributed by atoms with Crippen LogP contribution in [0.5, 0.6) is 0 Å². The maximum absolute atomic E-state index is 12.6. The highest BCUT2D eigenvalue weighted by molar-refractivity contribution is 5.77. The van der Waals surface area contributed by atoms with Gasteiger partial charge in [0, 0.05) is 31.2 Å². The molecular weight excluding hydrogens is 316 g/mol. The summed E-state index contributed by atoms with van der Waals surface area (Å²) in [5.74, 6) is 0.0815. The first-order valence-corrected chi connectivity index (χ1v) is 8.74. The summed E-state index contributed by atoms with van der Waals surface area (Å²) in [5, 5.41) is 4.48. The Morgan fingerprint density at radius 1 is 1.36 bits per heavy atom. The quantitative estimate of drug-likeness (QED) is 0.899. The second kappa shape index (κ2) is 7.80. The fourth-order valence-corrected chi connectivity index (χ4v) is 3.24. The SMILES string of the molecule is Cc1cc(C)n(CC2CN(C(=O)CC(N)c3ccccc3)CCO2)n1. The summed E-state index contributed by atoms with van der Waals surface area (Å²) in [6.45, 7) is 6.42. The maximum atomic E-state index is 12.6. The monoisotopic (exact) mass is 342 g/mol. The minimum absolute atomic E-state index is 0.0383. The topological polar surface area (TPSA) is 73.4 Å². The summed E-state index contributed by atoms with van der Waals surface area (Å²) in [6.07, 6.45) is 0.278. The molecule has 2 heterocycles. The number of carbonyl (C=O) groups is 1. The lowest BCUT2D eigenvalue weighted by Gasteiger charge is -2.33. The minimum Gasteiger partial charge on any atom is -0.373 e. The van der Waals surface area contributed by atoms with Crippen LogP contribution in [-0.2, 0) is 16.1 Å². The van der Waals surface area contributed by atoms with E-state index in [4.69, 9.17) is 10.5 Å². The van der Waals surface area contributed by atoms with Gasteiger partial charge in [0.15, 0.2) is 0 Å². The van der Waals surface area contributed by atoms with Crippen molar-refractivity contribution >= 4 is 5.91 Å². The number of hydrogen-bond donors (Lipinski definition) is 1. The number of carbonyl (C=O) groups excluding carboxylic acids is 1. The van der Waals surface area contributed by atoms with Gasteiger partial charge in [-0.1, -0.05) is 30.3 Å². The molecule has 1 aromatic heterocycles. The first kappa shape index (κ1) is 17.6. The second-order valence-electron chi connectivity index (χ2n) is 6.66. The van der Waals surface area contributed by atoms with Gasteiger partial charge in [-0.2, -0.15) is 5.10 Å². The molecule has 1 aliphatic heterocycles. The van der Waals surface area contributed by atoms with Gasteiger partial charge in [-0.3, -0.25) is 9.48 Å². The van der Waals surface area contributed by atoms with E-state index in [2.05, 4.69) is 5.10 Å². The number of morpholine rings is 1. The van der Waals surface area contributed by atoms with Gasteiger partial charge < -0.3 is 15.4 Å². The molecule has 3 rings (SSSR count). The van der Waals surface area contributed by atoms with Gasteiger partial charge in [0.25, 0.3) is 0 Å². The molecule has 6 heteroatoms. The third kappa shape index (κ3) is 4.46. The normalized spacial score (nSPS) is 19.0. The van der Waals surface area contributed by atoms with Crippen LogP contribution in [0.1, 0.15) is 29.4 Å². The van der Waals surface area contributed by atoms with E-state index in [1.807, 2.05) is 59.8 Å². The highest BCUT2D eigenvalue weighted by Gasteiger charge is 2.26. The minimum atomic E-state index is -0.272. The van der Waals surface area contributed by atoms with Gasteiger partial charge in [0.1, 0.15) is 0 Å². The Balaban J connectivity index is 1.57. The molecule has 1 fully saturated rings. The zero-order valence-corrected chi connectivity index (χ0v) is 14.9. The number of hydrogen-bond acceptors (Lipinski definition) is 4. The van der Waals surface area contributed by atoms with Crippen molar-refractivity contribution in [1.29, 1.82) is 0 Å². The van der Waals surface area contributed by atoms with Crippen molar-refractivity contribution in [3.05, 3.63) is 53.3 Å². The zero-order valence-electron chi connectivity index (χ0n) is 14.9. The molecule has 0 spiro atoms. The van der Waals surface area contributed by atoms with E-state index in [0.29, 0.717) is 32.7 Å². The largest absolute Gasteiger partial charge is 0.373 e. The number of nitrogens with zero attached hydrogens (tertiary/aromatic N) is 3. The average molecular weight is 342 g/mol. The van der Waals surface area contributed by atoms with Crippen LogP contribution in [0.4, 0.5) is 0 Å². The lowest BCUT2D eigenvalue weighted by molar-refractivity contribution is -0.139. The Hall–Kier alpha value is -2.18. The number of aromatic nitrogens is 2. The smallest absolute Gasteiger partial charge is 0.224 e. The standard InChI is InChI=1S/C19H26N4O2/c1-14-10-15(2)23(21-14)13-17-12-22(8-9-25-17)19(24)11-18(20)16-6-4-3-5-7-16/h3-7,10,17-18H,8-9,11-13,20H2,1-2H3. The highest BCUT2D eigenvalue weighted by atomic mass is 16.5. The van der Waals surface area contributed by atoms with Gasteiger partial charge in [-0.05, 0) is 25.5 Å². The molecule has 6 nitrogen and oxygen atoms in total. The fraction of sp³-hybridized carbons (Fsp3) is 0.474. The van der Waals surface area contributed by atoms with Crippen LogP contribution in [0, 0.1) is 13.8 Å². The molecule has 2 N–H and O–H groups in total. The van der Waals surface area contributed by atoms with Gasteiger partial charge in [0.2, 0.25) is 5.91 Å². The van der Waals surface area contributed by atoms with Crippen molar-refractivity contribution in [2.75, 3.05) is 19.7 Å². The first-order chi connectivity index (χ1) is 12.0. The Labute approximate surface area is 148 Å². The van der Waals surface area contributed by atoms with E-state index in [-0.39, 0.29) is 18.1 Å². The van der Waals surface area contributed by atoms with Crippen molar-refractivity contribution in [3.63, 3.8) is 0 Å². The molecule has 0 aliphatic carbocycles. The molecule has 1 saturated heterocycles. The third-order valence-corrected chi connectivity index (χ3v) is 4.59. The molecule has 2 aromatic rings. The molecule has 134 valence electrons. The summed E-state index contributed by atoms with van der Waals surface area (Å²) in [5.41, 5.74) is 9.28. The zero-order chi connectivity index (χ0) is 17.8. The van der Waals surface area contributed by atoms with Crippen LogP contribution < -0.4 is 5.73 Å². The Morgan fingerprint density at radius 3 is 2.80 bits per heavy atom. The van der Waals surface area contributed by atoms with E-state index >= 15 is 0 Å². The summed E-state index contributed by atoms with van der Waals surface area (Å²) in [6, 6.07) is 11.5. The molecule has 2 atom stereocenters. The molecule has 0 saturated carbocycles. The van der Waals surface area contributed by atoms with E-state index in [1.54, 1.807) is 0 Å². The maximum Gasteiger partial charge on any atom is 0.224 e. The van der Waals surface area contributed by atoms with Crippen molar-refractivity contribution in [2.24, 2.45) is 5.73 Å². The number of rotatable bonds is 5.